The van der Waals surface area contributed by atoms with E-state index in [0.717, 1.165) is 11.3 Å². The number of anilines is 1. The second kappa shape index (κ2) is 6.37. The monoisotopic (exact) mass is 236 g/mol. The quantitative estimate of drug-likeness (QED) is 0.813. The second-order valence-corrected chi connectivity index (χ2v) is 4.38. The average molecular weight is 236 g/mol. The number of carbonyl (C=O) groups excluding carboxylic acids is 1. The van der Waals surface area contributed by atoms with Crippen molar-refractivity contribution in [3.63, 3.8) is 0 Å². The van der Waals surface area contributed by atoms with E-state index in [2.05, 4.69) is 5.32 Å². The molecule has 4 heteroatoms. The Labute approximate surface area is 102 Å². The lowest BCUT2D eigenvalue weighted by Crippen LogP contribution is -2.27. The predicted octanol–water partition coefficient (Wildman–Crippen LogP) is 1.46. The molecule has 0 aromatic heterocycles. The standard InChI is InChI=1S/C13H20N2O2/c1-10(16)8-15(3)9-12-6-4-5-7-13(12)14-11(2)17/h4-7,10,16H,8-9H2,1-3H3,(H,14,17). The van der Waals surface area contributed by atoms with E-state index in [1.165, 1.54) is 6.92 Å². The van der Waals surface area contributed by atoms with E-state index in [1.807, 2.05) is 36.2 Å². The molecular weight excluding hydrogens is 216 g/mol. The Morgan fingerprint density at radius 3 is 2.71 bits per heavy atom. The molecule has 0 saturated carbocycles. The minimum Gasteiger partial charge on any atom is -0.392 e. The molecule has 1 unspecified atom stereocenters. The van der Waals surface area contributed by atoms with Gasteiger partial charge < -0.3 is 10.4 Å². The van der Waals surface area contributed by atoms with Gasteiger partial charge in [0.2, 0.25) is 5.91 Å². The first kappa shape index (κ1) is 13.7. The van der Waals surface area contributed by atoms with Gasteiger partial charge >= 0.3 is 0 Å². The first-order valence-corrected chi connectivity index (χ1v) is 5.71. The molecule has 0 heterocycles. The Bertz CT molecular complexity index is 377. The number of carbonyl (C=O) groups is 1. The minimum atomic E-state index is -0.354. The van der Waals surface area contributed by atoms with Crippen LogP contribution in [0, 0.1) is 0 Å². The van der Waals surface area contributed by atoms with Gasteiger partial charge in [-0.05, 0) is 25.6 Å². The van der Waals surface area contributed by atoms with Gasteiger partial charge in [-0.15, -0.1) is 0 Å². The predicted molar refractivity (Wildman–Crippen MR) is 68.8 cm³/mol. The Hall–Kier alpha value is -1.39. The third-order valence-corrected chi connectivity index (χ3v) is 2.34. The van der Waals surface area contributed by atoms with Crippen LogP contribution in [0.1, 0.15) is 19.4 Å². The van der Waals surface area contributed by atoms with Crippen LogP contribution in [-0.4, -0.2) is 35.6 Å². The number of hydrogen-bond donors (Lipinski definition) is 2. The molecule has 0 aliphatic heterocycles. The van der Waals surface area contributed by atoms with Crippen LogP contribution in [0.3, 0.4) is 0 Å². The van der Waals surface area contributed by atoms with Gasteiger partial charge in [0.05, 0.1) is 6.10 Å². The second-order valence-electron chi connectivity index (χ2n) is 4.38. The van der Waals surface area contributed by atoms with Gasteiger partial charge in [-0.1, -0.05) is 18.2 Å². The highest BCUT2D eigenvalue weighted by Gasteiger charge is 2.08. The molecule has 1 atom stereocenters. The number of amides is 1. The van der Waals surface area contributed by atoms with Gasteiger partial charge in [-0.25, -0.2) is 0 Å². The van der Waals surface area contributed by atoms with Gasteiger partial charge in [-0.3, -0.25) is 9.69 Å². The molecule has 0 spiro atoms. The largest absolute Gasteiger partial charge is 0.392 e. The number of benzene rings is 1. The third-order valence-electron chi connectivity index (χ3n) is 2.34. The van der Waals surface area contributed by atoms with Crippen molar-refractivity contribution in [2.45, 2.75) is 26.5 Å². The van der Waals surface area contributed by atoms with Crippen LogP contribution < -0.4 is 5.32 Å². The number of likely N-dealkylation sites (N-methyl/N-ethyl adjacent to an activating group) is 1. The lowest BCUT2D eigenvalue weighted by molar-refractivity contribution is -0.114. The summed E-state index contributed by atoms with van der Waals surface area (Å²) in [6.07, 6.45) is -0.354. The van der Waals surface area contributed by atoms with Crippen molar-refractivity contribution in [2.24, 2.45) is 0 Å². The molecule has 1 aromatic rings. The van der Waals surface area contributed by atoms with Crippen LogP contribution in [0.15, 0.2) is 24.3 Å². The normalized spacial score (nSPS) is 12.5. The summed E-state index contributed by atoms with van der Waals surface area (Å²) < 4.78 is 0. The summed E-state index contributed by atoms with van der Waals surface area (Å²) in [5.41, 5.74) is 1.88. The number of nitrogens with one attached hydrogen (secondary N) is 1. The summed E-state index contributed by atoms with van der Waals surface area (Å²) in [5.74, 6) is -0.0735. The molecule has 2 N–H and O–H groups in total. The molecule has 4 nitrogen and oxygen atoms in total. The van der Waals surface area contributed by atoms with Gasteiger partial charge in [0.15, 0.2) is 0 Å². The smallest absolute Gasteiger partial charge is 0.221 e. The molecule has 0 radical (unpaired) electrons. The van der Waals surface area contributed by atoms with Gasteiger partial charge in [-0.2, -0.15) is 0 Å². The average Bonchev–Trinajstić information content (AvgIpc) is 2.18. The molecule has 1 rings (SSSR count). The number of nitrogens with zero attached hydrogens (tertiary/aromatic N) is 1. The van der Waals surface area contributed by atoms with Crippen LogP contribution in [0.4, 0.5) is 5.69 Å². The summed E-state index contributed by atoms with van der Waals surface area (Å²) in [7, 11) is 1.94. The maximum Gasteiger partial charge on any atom is 0.221 e. The number of rotatable bonds is 5. The van der Waals surface area contributed by atoms with E-state index in [0.29, 0.717) is 13.1 Å². The van der Waals surface area contributed by atoms with E-state index in [1.54, 1.807) is 6.92 Å². The zero-order chi connectivity index (χ0) is 12.8. The number of aliphatic hydroxyl groups is 1. The molecule has 1 aromatic carbocycles. The number of para-hydroxylation sites is 1. The Morgan fingerprint density at radius 1 is 1.47 bits per heavy atom. The molecule has 0 aliphatic carbocycles. The zero-order valence-electron chi connectivity index (χ0n) is 10.6. The van der Waals surface area contributed by atoms with Crippen molar-refractivity contribution in [3.8, 4) is 0 Å². The first-order valence-electron chi connectivity index (χ1n) is 5.71. The van der Waals surface area contributed by atoms with Crippen molar-refractivity contribution in [1.82, 2.24) is 4.90 Å². The maximum absolute atomic E-state index is 11.1. The fraction of sp³-hybridized carbons (Fsp3) is 0.462. The van der Waals surface area contributed by atoms with Crippen LogP contribution in [0.25, 0.3) is 0 Å². The molecule has 0 aliphatic rings. The van der Waals surface area contributed by atoms with Crippen molar-refractivity contribution >= 4 is 11.6 Å². The molecule has 0 saturated heterocycles. The lowest BCUT2D eigenvalue weighted by atomic mass is 10.1. The van der Waals surface area contributed by atoms with E-state index in [9.17, 15) is 9.90 Å². The molecule has 17 heavy (non-hydrogen) atoms. The highest BCUT2D eigenvalue weighted by atomic mass is 16.3. The van der Waals surface area contributed by atoms with E-state index in [-0.39, 0.29) is 12.0 Å². The lowest BCUT2D eigenvalue weighted by Gasteiger charge is -2.20. The Morgan fingerprint density at radius 2 is 2.12 bits per heavy atom. The summed E-state index contributed by atoms with van der Waals surface area (Å²) in [4.78, 5) is 13.1. The Kier molecular flexibility index (Phi) is 5.12. The molecular formula is C13H20N2O2. The van der Waals surface area contributed by atoms with Crippen LogP contribution in [0.2, 0.25) is 0 Å². The molecule has 0 fully saturated rings. The summed E-state index contributed by atoms with van der Waals surface area (Å²) in [6, 6.07) is 7.69. The highest BCUT2D eigenvalue weighted by Crippen LogP contribution is 2.16. The molecule has 0 bridgehead atoms. The van der Waals surface area contributed by atoms with Crippen molar-refractivity contribution in [3.05, 3.63) is 29.8 Å². The number of aliphatic hydroxyl groups excluding tert-OH is 1. The molecule has 94 valence electrons. The maximum atomic E-state index is 11.1. The summed E-state index contributed by atoms with van der Waals surface area (Å²) in [5, 5.41) is 12.1. The van der Waals surface area contributed by atoms with Gasteiger partial charge in [0.1, 0.15) is 0 Å². The van der Waals surface area contributed by atoms with Gasteiger partial charge in [0, 0.05) is 25.7 Å². The van der Waals surface area contributed by atoms with Crippen LogP contribution in [0.5, 0.6) is 0 Å². The van der Waals surface area contributed by atoms with Crippen LogP contribution >= 0.6 is 0 Å². The number of hydrogen-bond acceptors (Lipinski definition) is 3. The molecule has 1 amide bonds. The summed E-state index contributed by atoms with van der Waals surface area (Å²) >= 11 is 0. The van der Waals surface area contributed by atoms with Crippen molar-refractivity contribution in [2.75, 3.05) is 18.9 Å². The van der Waals surface area contributed by atoms with Crippen molar-refractivity contribution in [1.29, 1.82) is 0 Å². The first-order chi connectivity index (χ1) is 7.99. The topological polar surface area (TPSA) is 52.6 Å². The Balaban J connectivity index is 2.72. The third kappa shape index (κ3) is 4.97. The minimum absolute atomic E-state index is 0.0735. The van der Waals surface area contributed by atoms with Crippen LogP contribution in [-0.2, 0) is 11.3 Å². The van der Waals surface area contributed by atoms with Crippen molar-refractivity contribution < 1.29 is 9.90 Å². The van der Waals surface area contributed by atoms with E-state index >= 15 is 0 Å². The van der Waals surface area contributed by atoms with E-state index in [4.69, 9.17) is 0 Å². The highest BCUT2D eigenvalue weighted by molar-refractivity contribution is 5.89. The van der Waals surface area contributed by atoms with Gasteiger partial charge in [0.25, 0.3) is 0 Å². The SMILES string of the molecule is CC(=O)Nc1ccccc1CN(C)CC(C)O. The van der Waals surface area contributed by atoms with E-state index < -0.39 is 0 Å². The zero-order valence-corrected chi connectivity index (χ0v) is 10.6. The fourth-order valence-electron chi connectivity index (χ4n) is 1.78. The summed E-state index contributed by atoms with van der Waals surface area (Å²) in [6.45, 7) is 4.56. The fourth-order valence-corrected chi connectivity index (χ4v) is 1.78.